The van der Waals surface area contributed by atoms with Crippen molar-refractivity contribution in [3.05, 3.63) is 11.8 Å². The van der Waals surface area contributed by atoms with Crippen LogP contribution in [0, 0.1) is 11.8 Å². The molecule has 1 heterocycles. The van der Waals surface area contributed by atoms with E-state index in [1.54, 1.807) is 0 Å². The van der Waals surface area contributed by atoms with Gasteiger partial charge in [-0.2, -0.15) is 0 Å². The lowest BCUT2D eigenvalue weighted by Gasteiger charge is -2.09. The molecule has 3 nitrogen and oxygen atoms in total. The highest BCUT2D eigenvalue weighted by Crippen LogP contribution is 2.17. The van der Waals surface area contributed by atoms with Crippen LogP contribution in [0.2, 0.25) is 0 Å². The molecular formula is C14H26N2O. The van der Waals surface area contributed by atoms with Gasteiger partial charge < -0.3 is 4.42 Å². The van der Waals surface area contributed by atoms with E-state index in [4.69, 9.17) is 4.42 Å². The molecule has 1 aromatic rings. The number of hydrogen-bond acceptors (Lipinski definition) is 3. The Hall–Kier alpha value is -0.860. The van der Waals surface area contributed by atoms with Gasteiger partial charge in [-0.15, -0.1) is 10.2 Å². The molecule has 0 amide bonds. The lowest BCUT2D eigenvalue weighted by atomic mass is 9.99. The van der Waals surface area contributed by atoms with Gasteiger partial charge in [0.25, 0.3) is 0 Å². The summed E-state index contributed by atoms with van der Waals surface area (Å²) in [7, 11) is 0. The summed E-state index contributed by atoms with van der Waals surface area (Å²) < 4.78 is 5.73. The Morgan fingerprint density at radius 3 is 1.41 bits per heavy atom. The largest absolute Gasteiger partial charge is 0.425 e. The zero-order valence-corrected chi connectivity index (χ0v) is 11.7. The van der Waals surface area contributed by atoms with Crippen LogP contribution in [0.4, 0.5) is 0 Å². The Morgan fingerprint density at radius 2 is 1.12 bits per heavy atom. The summed E-state index contributed by atoms with van der Waals surface area (Å²) in [6.07, 6.45) is 6.59. The zero-order valence-electron chi connectivity index (χ0n) is 11.7. The first-order valence-electron chi connectivity index (χ1n) is 7.04. The summed E-state index contributed by atoms with van der Waals surface area (Å²) in [5.41, 5.74) is 0. The van der Waals surface area contributed by atoms with Crippen molar-refractivity contribution in [1.29, 1.82) is 0 Å². The number of hydrogen-bond donors (Lipinski definition) is 0. The monoisotopic (exact) mass is 238 g/mol. The third kappa shape index (κ3) is 4.49. The van der Waals surface area contributed by atoms with Gasteiger partial charge in [0.1, 0.15) is 0 Å². The second-order valence-electron chi connectivity index (χ2n) is 4.86. The van der Waals surface area contributed by atoms with Gasteiger partial charge in [0.05, 0.1) is 0 Å². The lowest BCUT2D eigenvalue weighted by Crippen LogP contribution is -2.02. The molecule has 0 saturated heterocycles. The maximum absolute atomic E-state index is 5.73. The minimum atomic E-state index is 0.677. The van der Waals surface area contributed by atoms with Crippen molar-refractivity contribution < 1.29 is 4.42 Å². The van der Waals surface area contributed by atoms with E-state index >= 15 is 0 Å². The van der Waals surface area contributed by atoms with Crippen LogP contribution >= 0.6 is 0 Å². The van der Waals surface area contributed by atoms with E-state index in [2.05, 4.69) is 37.9 Å². The number of nitrogens with zero attached hydrogens (tertiary/aromatic N) is 2. The summed E-state index contributed by atoms with van der Waals surface area (Å²) in [5, 5.41) is 8.31. The predicted octanol–water partition coefficient (Wildman–Crippen LogP) is 4.03. The molecule has 0 unspecified atom stereocenters. The fourth-order valence-corrected chi connectivity index (χ4v) is 2.10. The predicted molar refractivity (Wildman–Crippen MR) is 69.9 cm³/mol. The molecule has 0 atom stereocenters. The van der Waals surface area contributed by atoms with Gasteiger partial charge in [0, 0.05) is 12.8 Å². The Morgan fingerprint density at radius 1 is 0.765 bits per heavy atom. The summed E-state index contributed by atoms with van der Waals surface area (Å²) >= 11 is 0. The quantitative estimate of drug-likeness (QED) is 0.686. The molecule has 0 N–H and O–H groups in total. The van der Waals surface area contributed by atoms with E-state index < -0.39 is 0 Å². The molecule has 0 radical (unpaired) electrons. The standard InChI is InChI=1S/C14H26N2O/c1-5-11(6-2)9-13-15-16-14(17-13)10-12(7-3)8-4/h11-12H,5-10H2,1-4H3. The van der Waals surface area contributed by atoms with Gasteiger partial charge in [0.15, 0.2) is 0 Å². The van der Waals surface area contributed by atoms with Crippen LogP contribution in [0.1, 0.15) is 65.2 Å². The molecule has 0 aromatic carbocycles. The summed E-state index contributed by atoms with van der Waals surface area (Å²) in [5.74, 6) is 2.99. The van der Waals surface area contributed by atoms with E-state index in [1.165, 1.54) is 25.7 Å². The van der Waals surface area contributed by atoms with Crippen LogP contribution in [0.15, 0.2) is 4.42 Å². The first-order valence-corrected chi connectivity index (χ1v) is 7.04. The van der Waals surface area contributed by atoms with Gasteiger partial charge in [-0.05, 0) is 11.8 Å². The molecule has 17 heavy (non-hydrogen) atoms. The second-order valence-corrected chi connectivity index (χ2v) is 4.86. The van der Waals surface area contributed by atoms with Gasteiger partial charge in [-0.25, -0.2) is 0 Å². The third-order valence-electron chi connectivity index (χ3n) is 3.74. The van der Waals surface area contributed by atoms with Gasteiger partial charge >= 0.3 is 0 Å². The van der Waals surface area contributed by atoms with Crippen LogP contribution in [0.3, 0.4) is 0 Å². The minimum Gasteiger partial charge on any atom is -0.425 e. The summed E-state index contributed by atoms with van der Waals surface area (Å²) in [4.78, 5) is 0. The van der Waals surface area contributed by atoms with Gasteiger partial charge in [-0.3, -0.25) is 0 Å². The lowest BCUT2D eigenvalue weighted by molar-refractivity contribution is 0.366. The molecule has 98 valence electrons. The van der Waals surface area contributed by atoms with Crippen LogP contribution in [-0.2, 0) is 12.8 Å². The van der Waals surface area contributed by atoms with Crippen molar-refractivity contribution in [2.45, 2.75) is 66.2 Å². The topological polar surface area (TPSA) is 38.9 Å². The highest BCUT2D eigenvalue weighted by Gasteiger charge is 2.14. The van der Waals surface area contributed by atoms with E-state index in [-0.39, 0.29) is 0 Å². The maximum atomic E-state index is 5.73. The molecule has 3 heteroatoms. The molecule has 0 aliphatic heterocycles. The van der Waals surface area contributed by atoms with E-state index in [9.17, 15) is 0 Å². The zero-order chi connectivity index (χ0) is 12.7. The molecular weight excluding hydrogens is 212 g/mol. The van der Waals surface area contributed by atoms with Crippen molar-refractivity contribution in [2.75, 3.05) is 0 Å². The van der Waals surface area contributed by atoms with Gasteiger partial charge in [0.2, 0.25) is 11.8 Å². The first kappa shape index (κ1) is 14.2. The molecule has 0 saturated carbocycles. The molecule has 0 aliphatic rings. The number of aromatic nitrogens is 2. The fourth-order valence-electron chi connectivity index (χ4n) is 2.10. The maximum Gasteiger partial charge on any atom is 0.216 e. The van der Waals surface area contributed by atoms with Crippen LogP contribution in [-0.4, -0.2) is 10.2 Å². The van der Waals surface area contributed by atoms with Crippen molar-refractivity contribution in [3.63, 3.8) is 0 Å². The Bertz CT molecular complexity index is 272. The van der Waals surface area contributed by atoms with Crippen molar-refractivity contribution >= 4 is 0 Å². The van der Waals surface area contributed by atoms with Crippen molar-refractivity contribution in [2.24, 2.45) is 11.8 Å². The Labute approximate surface area is 105 Å². The normalized spacial score (nSPS) is 11.6. The smallest absolute Gasteiger partial charge is 0.216 e. The van der Waals surface area contributed by atoms with Crippen LogP contribution < -0.4 is 0 Å². The molecule has 1 rings (SSSR count). The number of rotatable bonds is 8. The molecule has 0 fully saturated rings. The Balaban J connectivity index is 2.52. The second kappa shape index (κ2) is 7.46. The molecule has 0 bridgehead atoms. The fraction of sp³-hybridized carbons (Fsp3) is 0.857. The van der Waals surface area contributed by atoms with Crippen LogP contribution in [0.25, 0.3) is 0 Å². The Kier molecular flexibility index (Phi) is 6.23. The van der Waals surface area contributed by atoms with Gasteiger partial charge in [-0.1, -0.05) is 53.4 Å². The highest BCUT2D eigenvalue weighted by molar-refractivity contribution is 4.85. The highest BCUT2D eigenvalue weighted by atomic mass is 16.4. The SMILES string of the molecule is CCC(CC)Cc1nnc(CC(CC)CC)o1. The minimum absolute atomic E-state index is 0.677. The third-order valence-corrected chi connectivity index (χ3v) is 3.74. The van der Waals surface area contributed by atoms with Crippen LogP contribution in [0.5, 0.6) is 0 Å². The van der Waals surface area contributed by atoms with Crippen molar-refractivity contribution in [1.82, 2.24) is 10.2 Å². The average molecular weight is 238 g/mol. The first-order chi connectivity index (χ1) is 8.23. The summed E-state index contributed by atoms with van der Waals surface area (Å²) in [6.45, 7) is 8.87. The molecule has 1 aromatic heterocycles. The molecule has 0 aliphatic carbocycles. The van der Waals surface area contributed by atoms with E-state index in [0.717, 1.165) is 24.6 Å². The van der Waals surface area contributed by atoms with E-state index in [1.807, 2.05) is 0 Å². The summed E-state index contributed by atoms with van der Waals surface area (Å²) in [6, 6.07) is 0. The molecule has 0 spiro atoms. The van der Waals surface area contributed by atoms with E-state index in [0.29, 0.717) is 11.8 Å². The van der Waals surface area contributed by atoms with Crippen molar-refractivity contribution in [3.8, 4) is 0 Å². The average Bonchev–Trinajstić information content (AvgIpc) is 2.80.